The number of aromatic nitrogens is 4. The predicted molar refractivity (Wildman–Crippen MR) is 116 cm³/mol. The molecule has 0 aliphatic rings. The second kappa shape index (κ2) is 8.65. The standard InChI is InChI=1S/C23H19F4N5O2/c1-13-9-14(2)32(29-13)19-8-7-16(11-18(19)24)28-22(33)21-20(34-3)12-31(30-21)17-6-4-5-15(10-17)23(25,26)27/h4-12H,1-3H3,(H,28,33). The van der Waals surface area contributed by atoms with E-state index in [1.54, 1.807) is 13.8 Å². The van der Waals surface area contributed by atoms with Crippen LogP contribution in [-0.4, -0.2) is 32.6 Å². The van der Waals surface area contributed by atoms with E-state index >= 15 is 0 Å². The van der Waals surface area contributed by atoms with Crippen LogP contribution in [0.3, 0.4) is 0 Å². The Bertz CT molecular complexity index is 1370. The maximum absolute atomic E-state index is 14.7. The van der Waals surface area contributed by atoms with Gasteiger partial charge in [0.1, 0.15) is 5.69 Å². The lowest BCUT2D eigenvalue weighted by Gasteiger charge is -2.09. The molecule has 11 heteroatoms. The second-order valence-corrected chi connectivity index (χ2v) is 7.50. The van der Waals surface area contributed by atoms with Crippen LogP contribution < -0.4 is 10.1 Å². The highest BCUT2D eigenvalue weighted by Crippen LogP contribution is 2.31. The van der Waals surface area contributed by atoms with Crippen molar-refractivity contribution in [2.45, 2.75) is 20.0 Å². The zero-order chi connectivity index (χ0) is 24.6. The summed E-state index contributed by atoms with van der Waals surface area (Å²) in [5.41, 5.74) is 0.910. The van der Waals surface area contributed by atoms with Gasteiger partial charge in [-0.25, -0.2) is 13.8 Å². The average molecular weight is 473 g/mol. The van der Waals surface area contributed by atoms with E-state index in [4.69, 9.17) is 4.74 Å². The number of alkyl halides is 3. The van der Waals surface area contributed by atoms with Crippen molar-refractivity contribution < 1.29 is 27.1 Å². The Kier molecular flexibility index (Phi) is 5.86. The predicted octanol–water partition coefficient (Wildman–Crippen LogP) is 5.09. The van der Waals surface area contributed by atoms with Gasteiger partial charge in [0, 0.05) is 11.4 Å². The molecule has 4 aromatic rings. The van der Waals surface area contributed by atoms with Crippen LogP contribution >= 0.6 is 0 Å². The maximum Gasteiger partial charge on any atom is 0.416 e. The molecular weight excluding hydrogens is 454 g/mol. The molecule has 0 saturated carbocycles. The smallest absolute Gasteiger partial charge is 0.416 e. The summed E-state index contributed by atoms with van der Waals surface area (Å²) >= 11 is 0. The van der Waals surface area contributed by atoms with Crippen LogP contribution in [0, 0.1) is 19.7 Å². The first kappa shape index (κ1) is 23.0. The highest BCUT2D eigenvalue weighted by Gasteiger charge is 2.31. The van der Waals surface area contributed by atoms with Crippen molar-refractivity contribution in [1.29, 1.82) is 0 Å². The summed E-state index contributed by atoms with van der Waals surface area (Å²) in [5.74, 6) is -1.29. The molecule has 7 nitrogen and oxygen atoms in total. The molecule has 1 N–H and O–H groups in total. The quantitative estimate of drug-likeness (QED) is 0.410. The fourth-order valence-corrected chi connectivity index (χ4v) is 3.44. The van der Waals surface area contributed by atoms with Crippen molar-refractivity contribution in [2.75, 3.05) is 12.4 Å². The zero-order valence-corrected chi connectivity index (χ0v) is 18.3. The SMILES string of the molecule is COc1cn(-c2cccc(C(F)(F)F)c2)nc1C(=O)Nc1ccc(-n2nc(C)cc2C)c(F)c1. The van der Waals surface area contributed by atoms with E-state index in [1.807, 2.05) is 6.07 Å². The van der Waals surface area contributed by atoms with Gasteiger partial charge in [-0.2, -0.15) is 23.4 Å². The minimum Gasteiger partial charge on any atom is -0.493 e. The Morgan fingerprint density at radius 3 is 2.44 bits per heavy atom. The van der Waals surface area contributed by atoms with Crippen LogP contribution in [0.1, 0.15) is 27.4 Å². The molecule has 0 atom stereocenters. The van der Waals surface area contributed by atoms with Crippen LogP contribution in [-0.2, 0) is 6.18 Å². The lowest BCUT2D eigenvalue weighted by molar-refractivity contribution is -0.137. The number of nitrogens with zero attached hydrogens (tertiary/aromatic N) is 4. The van der Waals surface area contributed by atoms with E-state index in [9.17, 15) is 22.4 Å². The van der Waals surface area contributed by atoms with Gasteiger partial charge in [-0.1, -0.05) is 6.07 Å². The highest BCUT2D eigenvalue weighted by atomic mass is 19.4. The first-order chi connectivity index (χ1) is 16.1. The molecule has 0 unspecified atom stereocenters. The Labute approximate surface area is 191 Å². The zero-order valence-electron chi connectivity index (χ0n) is 18.3. The number of aryl methyl sites for hydroxylation is 2. The van der Waals surface area contributed by atoms with Crippen molar-refractivity contribution in [1.82, 2.24) is 19.6 Å². The lowest BCUT2D eigenvalue weighted by Crippen LogP contribution is -2.15. The largest absolute Gasteiger partial charge is 0.493 e. The third kappa shape index (κ3) is 4.49. The summed E-state index contributed by atoms with van der Waals surface area (Å²) < 4.78 is 61.6. The Morgan fingerprint density at radius 2 is 1.82 bits per heavy atom. The van der Waals surface area contributed by atoms with Crippen LogP contribution in [0.4, 0.5) is 23.2 Å². The van der Waals surface area contributed by atoms with E-state index < -0.39 is 23.5 Å². The first-order valence-electron chi connectivity index (χ1n) is 10.0. The second-order valence-electron chi connectivity index (χ2n) is 7.50. The van der Waals surface area contributed by atoms with E-state index in [-0.39, 0.29) is 28.5 Å². The molecule has 0 aliphatic carbocycles. The molecule has 176 valence electrons. The molecule has 0 fully saturated rings. The third-order valence-electron chi connectivity index (χ3n) is 5.00. The summed E-state index contributed by atoms with van der Waals surface area (Å²) in [6.07, 6.45) is -3.24. The number of ether oxygens (including phenoxy) is 1. The third-order valence-corrected chi connectivity index (χ3v) is 5.00. The van der Waals surface area contributed by atoms with Gasteiger partial charge in [-0.05, 0) is 56.3 Å². The number of rotatable bonds is 5. The molecule has 0 aliphatic heterocycles. The van der Waals surface area contributed by atoms with Crippen LogP contribution in [0.2, 0.25) is 0 Å². The monoisotopic (exact) mass is 473 g/mol. The van der Waals surface area contributed by atoms with Crippen molar-refractivity contribution >= 4 is 11.6 Å². The maximum atomic E-state index is 14.7. The number of carbonyl (C=O) groups excluding carboxylic acids is 1. The molecule has 2 aromatic carbocycles. The van der Waals surface area contributed by atoms with Crippen molar-refractivity contribution in [3.05, 3.63) is 83.2 Å². The van der Waals surface area contributed by atoms with Crippen LogP contribution in [0.15, 0.2) is 54.7 Å². The lowest BCUT2D eigenvalue weighted by atomic mass is 10.2. The highest BCUT2D eigenvalue weighted by molar-refractivity contribution is 6.04. The summed E-state index contributed by atoms with van der Waals surface area (Å²) in [5, 5.41) is 10.8. The number of hydrogen-bond acceptors (Lipinski definition) is 4. The van der Waals surface area contributed by atoms with Gasteiger partial charge in [0.05, 0.1) is 30.3 Å². The number of methoxy groups -OCH3 is 1. The molecule has 0 radical (unpaired) electrons. The number of benzene rings is 2. The van der Waals surface area contributed by atoms with Gasteiger partial charge in [0.25, 0.3) is 5.91 Å². The molecule has 1 amide bonds. The molecular formula is C23H19F4N5O2. The number of halogens is 4. The van der Waals surface area contributed by atoms with Gasteiger partial charge >= 0.3 is 6.18 Å². The number of hydrogen-bond donors (Lipinski definition) is 1. The van der Waals surface area contributed by atoms with Crippen molar-refractivity contribution in [3.63, 3.8) is 0 Å². The van der Waals surface area contributed by atoms with Crippen LogP contribution in [0.5, 0.6) is 5.75 Å². The van der Waals surface area contributed by atoms with Gasteiger partial charge in [-0.15, -0.1) is 0 Å². The van der Waals surface area contributed by atoms with Gasteiger partial charge < -0.3 is 10.1 Å². The van der Waals surface area contributed by atoms with E-state index in [1.165, 1.54) is 42.3 Å². The van der Waals surface area contributed by atoms with Crippen molar-refractivity contribution in [2.24, 2.45) is 0 Å². The van der Waals surface area contributed by atoms with Gasteiger partial charge in [0.2, 0.25) is 0 Å². The minimum absolute atomic E-state index is 0.0367. The fourth-order valence-electron chi connectivity index (χ4n) is 3.44. The summed E-state index contributed by atoms with van der Waals surface area (Å²) in [4.78, 5) is 12.8. The van der Waals surface area contributed by atoms with Gasteiger partial charge in [0.15, 0.2) is 17.3 Å². The fraction of sp³-hybridized carbons (Fsp3) is 0.174. The number of carbonyl (C=O) groups is 1. The molecule has 2 heterocycles. The van der Waals surface area contributed by atoms with Crippen LogP contribution in [0.25, 0.3) is 11.4 Å². The minimum atomic E-state index is -4.53. The Morgan fingerprint density at radius 1 is 1.06 bits per heavy atom. The summed E-state index contributed by atoms with van der Waals surface area (Å²) in [6.45, 7) is 3.59. The molecule has 0 saturated heterocycles. The van der Waals surface area contributed by atoms with E-state index in [0.717, 1.165) is 34.3 Å². The number of anilines is 1. The summed E-state index contributed by atoms with van der Waals surface area (Å²) in [6, 6.07) is 10.4. The Hall–Kier alpha value is -4.15. The first-order valence-corrected chi connectivity index (χ1v) is 10.0. The topological polar surface area (TPSA) is 74.0 Å². The van der Waals surface area contributed by atoms with E-state index in [0.29, 0.717) is 0 Å². The molecule has 0 spiro atoms. The number of nitrogens with one attached hydrogen (secondary N) is 1. The molecule has 2 aromatic heterocycles. The number of amides is 1. The summed E-state index contributed by atoms with van der Waals surface area (Å²) in [7, 11) is 1.30. The molecule has 4 rings (SSSR count). The molecule has 0 bridgehead atoms. The Balaban J connectivity index is 1.60. The average Bonchev–Trinajstić information content (AvgIpc) is 3.36. The van der Waals surface area contributed by atoms with E-state index in [2.05, 4.69) is 15.5 Å². The molecule has 34 heavy (non-hydrogen) atoms. The van der Waals surface area contributed by atoms with Crippen molar-refractivity contribution in [3.8, 4) is 17.1 Å². The van der Waals surface area contributed by atoms with Gasteiger partial charge in [-0.3, -0.25) is 4.79 Å². The normalized spacial score (nSPS) is 11.5.